The Hall–Kier alpha value is -0.760. The average Bonchev–Trinajstić information content (AvgIpc) is 2.28. The van der Waals surface area contributed by atoms with Gasteiger partial charge in [0.05, 0.1) is 5.88 Å². The molecule has 0 amide bonds. The van der Waals surface area contributed by atoms with E-state index in [4.69, 9.17) is 11.6 Å². The Morgan fingerprint density at radius 2 is 2.13 bits per heavy atom. The van der Waals surface area contributed by atoms with Crippen LogP contribution in [-0.4, -0.2) is 17.6 Å². The summed E-state index contributed by atoms with van der Waals surface area (Å²) in [5.74, 6) is 1.49. The highest BCUT2D eigenvalue weighted by Gasteiger charge is 2.23. The molecule has 1 rings (SSSR count). The van der Waals surface area contributed by atoms with E-state index < -0.39 is 0 Å². The molecule has 0 spiro atoms. The van der Waals surface area contributed by atoms with Crippen LogP contribution in [0.3, 0.4) is 0 Å². The van der Waals surface area contributed by atoms with Gasteiger partial charge in [-0.1, -0.05) is 13.0 Å². The summed E-state index contributed by atoms with van der Waals surface area (Å²) >= 11 is 5.90. The molecule has 0 saturated carbocycles. The molecule has 0 aromatic carbocycles. The third-order valence-electron chi connectivity index (χ3n) is 3.10. The summed E-state index contributed by atoms with van der Waals surface area (Å²) in [6.45, 7) is 6.60. The lowest BCUT2D eigenvalue weighted by Crippen LogP contribution is -2.41. The van der Waals surface area contributed by atoms with Crippen LogP contribution >= 0.6 is 11.6 Å². The van der Waals surface area contributed by atoms with E-state index >= 15 is 0 Å². The number of alkyl halides is 1. The lowest BCUT2D eigenvalue weighted by molar-refractivity contribution is 0.466. The van der Waals surface area contributed by atoms with Crippen LogP contribution < -0.4 is 4.90 Å². The Morgan fingerprint density at radius 1 is 1.47 bits per heavy atom. The van der Waals surface area contributed by atoms with E-state index in [1.807, 2.05) is 18.3 Å². The highest BCUT2D eigenvalue weighted by atomic mass is 35.5. The molecular weight excluding hydrogens is 208 g/mol. The van der Waals surface area contributed by atoms with Crippen molar-refractivity contribution in [3.63, 3.8) is 0 Å². The second-order valence-corrected chi connectivity index (χ2v) is 4.61. The first-order valence-electron chi connectivity index (χ1n) is 5.26. The quantitative estimate of drug-likeness (QED) is 0.732. The Labute approximate surface area is 97.3 Å². The van der Waals surface area contributed by atoms with E-state index in [-0.39, 0.29) is 5.54 Å². The zero-order valence-corrected chi connectivity index (χ0v) is 10.7. The van der Waals surface area contributed by atoms with Gasteiger partial charge in [0, 0.05) is 24.3 Å². The first-order chi connectivity index (χ1) is 7.03. The van der Waals surface area contributed by atoms with Gasteiger partial charge in [-0.15, -0.1) is 11.6 Å². The van der Waals surface area contributed by atoms with Gasteiger partial charge in [0.15, 0.2) is 0 Å². The van der Waals surface area contributed by atoms with Crippen molar-refractivity contribution in [3.8, 4) is 0 Å². The zero-order valence-electron chi connectivity index (χ0n) is 9.92. The monoisotopic (exact) mass is 226 g/mol. The summed E-state index contributed by atoms with van der Waals surface area (Å²) in [6, 6.07) is 3.95. The van der Waals surface area contributed by atoms with Gasteiger partial charge in [-0.3, -0.25) is 0 Å². The maximum absolute atomic E-state index is 5.90. The second kappa shape index (κ2) is 4.84. The smallest absolute Gasteiger partial charge is 0.133 e. The topological polar surface area (TPSA) is 16.1 Å². The lowest BCUT2D eigenvalue weighted by Gasteiger charge is -2.36. The minimum atomic E-state index is 0.106. The largest absolute Gasteiger partial charge is 0.354 e. The number of nitrogens with zero attached hydrogens (tertiary/aromatic N) is 2. The van der Waals surface area contributed by atoms with E-state index in [1.54, 1.807) is 0 Å². The molecule has 0 aliphatic carbocycles. The Kier molecular flexibility index (Phi) is 3.97. The number of rotatable bonds is 4. The molecule has 15 heavy (non-hydrogen) atoms. The minimum absolute atomic E-state index is 0.106. The maximum atomic E-state index is 5.90. The minimum Gasteiger partial charge on any atom is -0.354 e. The number of hydrogen-bond acceptors (Lipinski definition) is 2. The van der Waals surface area contributed by atoms with Gasteiger partial charge < -0.3 is 4.90 Å². The van der Waals surface area contributed by atoms with E-state index in [0.717, 1.165) is 17.8 Å². The van der Waals surface area contributed by atoms with Crippen molar-refractivity contribution < 1.29 is 0 Å². The van der Waals surface area contributed by atoms with Crippen LogP contribution in [0.15, 0.2) is 18.3 Å². The van der Waals surface area contributed by atoms with Crippen molar-refractivity contribution in [3.05, 3.63) is 23.9 Å². The van der Waals surface area contributed by atoms with E-state index in [2.05, 4.69) is 37.7 Å². The molecule has 0 unspecified atom stereocenters. The summed E-state index contributed by atoms with van der Waals surface area (Å²) in [7, 11) is 2.07. The molecule has 0 aliphatic rings. The van der Waals surface area contributed by atoms with Crippen LogP contribution in [0.25, 0.3) is 0 Å². The summed E-state index contributed by atoms with van der Waals surface area (Å²) in [5.41, 5.74) is 1.19. The van der Waals surface area contributed by atoms with Gasteiger partial charge in [0.25, 0.3) is 0 Å². The van der Waals surface area contributed by atoms with Gasteiger partial charge in [-0.25, -0.2) is 4.98 Å². The molecule has 3 heteroatoms. The third kappa shape index (κ3) is 2.63. The summed E-state index contributed by atoms with van der Waals surface area (Å²) in [5, 5.41) is 0. The van der Waals surface area contributed by atoms with Crippen molar-refractivity contribution in [1.29, 1.82) is 0 Å². The first-order valence-corrected chi connectivity index (χ1v) is 5.80. The Balaban J connectivity index is 3.05. The van der Waals surface area contributed by atoms with E-state index in [9.17, 15) is 0 Å². The van der Waals surface area contributed by atoms with Crippen molar-refractivity contribution in [2.24, 2.45) is 0 Å². The molecule has 0 saturated heterocycles. The van der Waals surface area contributed by atoms with Crippen LogP contribution in [0, 0.1) is 0 Å². The van der Waals surface area contributed by atoms with Crippen LogP contribution in [-0.2, 0) is 5.88 Å². The summed E-state index contributed by atoms with van der Waals surface area (Å²) in [6.07, 6.45) is 2.88. The SMILES string of the molecule is CCC(C)(C)N(C)c1ncccc1CCl. The van der Waals surface area contributed by atoms with Gasteiger partial charge in [0.1, 0.15) is 5.82 Å². The molecule has 0 fully saturated rings. The molecule has 1 aromatic heterocycles. The molecular formula is C12H19ClN2. The van der Waals surface area contributed by atoms with E-state index in [1.165, 1.54) is 0 Å². The molecule has 84 valence electrons. The number of pyridine rings is 1. The van der Waals surface area contributed by atoms with Gasteiger partial charge in [-0.2, -0.15) is 0 Å². The predicted molar refractivity (Wildman–Crippen MR) is 66.6 cm³/mol. The highest BCUT2D eigenvalue weighted by molar-refractivity contribution is 6.17. The fraction of sp³-hybridized carbons (Fsp3) is 0.583. The normalized spacial score (nSPS) is 11.5. The van der Waals surface area contributed by atoms with Gasteiger partial charge in [-0.05, 0) is 26.3 Å². The Morgan fingerprint density at radius 3 is 2.67 bits per heavy atom. The molecule has 0 atom stereocenters. The average molecular weight is 227 g/mol. The molecule has 1 aromatic rings. The summed E-state index contributed by atoms with van der Waals surface area (Å²) in [4.78, 5) is 6.60. The van der Waals surface area contributed by atoms with Crippen LogP contribution in [0.2, 0.25) is 0 Å². The first kappa shape index (κ1) is 12.3. The predicted octanol–water partition coefficient (Wildman–Crippen LogP) is 3.45. The van der Waals surface area contributed by atoms with E-state index in [0.29, 0.717) is 5.88 Å². The van der Waals surface area contributed by atoms with Crippen molar-refractivity contribution in [2.75, 3.05) is 11.9 Å². The van der Waals surface area contributed by atoms with Crippen molar-refractivity contribution in [2.45, 2.75) is 38.6 Å². The number of aromatic nitrogens is 1. The number of anilines is 1. The third-order valence-corrected chi connectivity index (χ3v) is 3.39. The standard InChI is InChI=1S/C12H19ClN2/c1-5-12(2,3)15(4)11-10(9-13)7-6-8-14-11/h6-8H,5,9H2,1-4H3. The molecule has 0 radical (unpaired) electrons. The van der Waals surface area contributed by atoms with Gasteiger partial charge >= 0.3 is 0 Å². The number of halogens is 1. The van der Waals surface area contributed by atoms with Crippen LogP contribution in [0.1, 0.15) is 32.8 Å². The van der Waals surface area contributed by atoms with Crippen molar-refractivity contribution >= 4 is 17.4 Å². The van der Waals surface area contributed by atoms with Crippen LogP contribution in [0.4, 0.5) is 5.82 Å². The zero-order chi connectivity index (χ0) is 11.5. The summed E-state index contributed by atoms with van der Waals surface area (Å²) < 4.78 is 0. The number of hydrogen-bond donors (Lipinski definition) is 0. The van der Waals surface area contributed by atoms with Crippen LogP contribution in [0.5, 0.6) is 0 Å². The molecule has 2 nitrogen and oxygen atoms in total. The molecule has 1 heterocycles. The lowest BCUT2D eigenvalue weighted by atomic mass is 9.99. The van der Waals surface area contributed by atoms with Gasteiger partial charge in [0.2, 0.25) is 0 Å². The second-order valence-electron chi connectivity index (χ2n) is 4.34. The fourth-order valence-electron chi connectivity index (χ4n) is 1.36. The molecule has 0 aliphatic heterocycles. The maximum Gasteiger partial charge on any atom is 0.133 e. The van der Waals surface area contributed by atoms with Crippen molar-refractivity contribution in [1.82, 2.24) is 4.98 Å². The Bertz CT molecular complexity index is 323. The molecule has 0 N–H and O–H groups in total. The fourth-order valence-corrected chi connectivity index (χ4v) is 1.57. The highest BCUT2D eigenvalue weighted by Crippen LogP contribution is 2.26. The molecule has 0 bridgehead atoms.